The molecule has 1 aliphatic rings. The summed E-state index contributed by atoms with van der Waals surface area (Å²) in [6, 6.07) is 1.06. The summed E-state index contributed by atoms with van der Waals surface area (Å²) < 4.78 is 10.9. The molecular weight excluding hydrogens is 288 g/mol. The van der Waals surface area contributed by atoms with E-state index in [2.05, 4.69) is 6.92 Å². The minimum atomic E-state index is -1.08. The second kappa shape index (κ2) is 11.9. The fourth-order valence-corrected chi connectivity index (χ4v) is 18.4. The van der Waals surface area contributed by atoms with E-state index < -0.39 is 8.31 Å². The fourth-order valence-electron chi connectivity index (χ4n) is 2.46. The highest BCUT2D eigenvalue weighted by Crippen LogP contribution is 2.09. The molecule has 0 aromatic carbocycles. The lowest BCUT2D eigenvalue weighted by Gasteiger charge is -2.18. The second-order valence-corrected chi connectivity index (χ2v) is 20.5. The van der Waals surface area contributed by atoms with Crippen molar-refractivity contribution >= 4 is 31.7 Å². The summed E-state index contributed by atoms with van der Waals surface area (Å²) >= 11 is 0. The molecule has 1 aliphatic heterocycles. The molecule has 0 aromatic heterocycles. The zero-order valence-electron chi connectivity index (χ0n) is 12.5. The van der Waals surface area contributed by atoms with Crippen LogP contribution in [0, 0.1) is 0 Å². The summed E-state index contributed by atoms with van der Waals surface area (Å²) in [7, 11) is -1.41. The van der Waals surface area contributed by atoms with Crippen molar-refractivity contribution in [3.8, 4) is 0 Å². The van der Waals surface area contributed by atoms with E-state index in [1.165, 1.54) is 44.9 Å². The Morgan fingerprint density at radius 2 is 1.84 bits per heavy atom. The van der Waals surface area contributed by atoms with Crippen molar-refractivity contribution in [2.75, 3.05) is 13.2 Å². The standard InChI is InChI=1S/C13H30O3Si3/c1-2-3-4-5-6-7-8-9-10-15-13(14)19-12-11-16-17-18-19/h19H,2-12,17-18H2,1H3. The van der Waals surface area contributed by atoms with Crippen LogP contribution in [0.3, 0.4) is 0 Å². The highest BCUT2D eigenvalue weighted by molar-refractivity contribution is 7.43. The van der Waals surface area contributed by atoms with Gasteiger partial charge in [-0.15, -0.1) is 0 Å². The molecule has 1 atom stereocenters. The van der Waals surface area contributed by atoms with Crippen LogP contribution in [-0.4, -0.2) is 45.0 Å². The summed E-state index contributed by atoms with van der Waals surface area (Å²) in [5, 5.41) is 0. The Kier molecular flexibility index (Phi) is 10.7. The van der Waals surface area contributed by atoms with Crippen molar-refractivity contribution in [3.05, 3.63) is 0 Å². The van der Waals surface area contributed by atoms with Crippen LogP contribution in [0.2, 0.25) is 6.04 Å². The largest absolute Gasteiger partial charge is 0.471 e. The Morgan fingerprint density at radius 1 is 1.16 bits per heavy atom. The molecule has 1 unspecified atom stereocenters. The number of carbonyl (C=O) groups excluding carboxylic acids is 1. The zero-order chi connectivity index (χ0) is 13.8. The molecule has 112 valence electrons. The summed E-state index contributed by atoms with van der Waals surface area (Å²) in [5.41, 5.74) is 0.227. The molecule has 1 heterocycles. The molecule has 0 radical (unpaired) electrons. The van der Waals surface area contributed by atoms with E-state index in [1.54, 1.807) is 0 Å². The van der Waals surface area contributed by atoms with Crippen molar-refractivity contribution in [1.82, 2.24) is 0 Å². The van der Waals surface area contributed by atoms with E-state index in [4.69, 9.17) is 9.16 Å². The van der Waals surface area contributed by atoms with Gasteiger partial charge in [-0.2, -0.15) is 0 Å². The van der Waals surface area contributed by atoms with Crippen LogP contribution in [0.15, 0.2) is 0 Å². The summed E-state index contributed by atoms with van der Waals surface area (Å²) in [6.45, 7) is 3.79. The van der Waals surface area contributed by atoms with Crippen molar-refractivity contribution in [2.24, 2.45) is 0 Å². The first kappa shape index (κ1) is 17.1. The predicted octanol–water partition coefficient (Wildman–Crippen LogP) is 1.77. The third-order valence-corrected chi connectivity index (χ3v) is 21.4. The molecule has 0 bridgehead atoms. The highest BCUT2D eigenvalue weighted by atomic mass is 29.5. The van der Waals surface area contributed by atoms with Crippen LogP contribution in [-0.2, 0) is 9.16 Å². The van der Waals surface area contributed by atoms with E-state index in [0.717, 1.165) is 19.1 Å². The molecule has 0 amide bonds. The van der Waals surface area contributed by atoms with Crippen LogP contribution in [0.4, 0.5) is 4.79 Å². The van der Waals surface area contributed by atoms with Gasteiger partial charge in [0.2, 0.25) is 0 Å². The van der Waals surface area contributed by atoms with Gasteiger partial charge in [-0.3, -0.25) is 4.79 Å². The topological polar surface area (TPSA) is 35.5 Å². The maximum absolute atomic E-state index is 11.8. The van der Waals surface area contributed by atoms with Crippen LogP contribution in [0.25, 0.3) is 0 Å². The third kappa shape index (κ3) is 8.78. The normalized spacial score (nSPS) is 21.8. The van der Waals surface area contributed by atoms with E-state index in [-0.39, 0.29) is 23.4 Å². The number of hydrogen-bond donors (Lipinski definition) is 0. The minimum Gasteiger partial charge on any atom is -0.471 e. The van der Waals surface area contributed by atoms with Crippen molar-refractivity contribution in [1.29, 1.82) is 0 Å². The highest BCUT2D eigenvalue weighted by Gasteiger charge is 2.25. The molecule has 0 spiro atoms. The summed E-state index contributed by atoms with van der Waals surface area (Å²) in [5.74, 6) is 0. The van der Waals surface area contributed by atoms with Gasteiger partial charge in [-0.05, 0) is 12.5 Å². The first-order valence-electron chi connectivity index (χ1n) is 8.09. The van der Waals surface area contributed by atoms with Gasteiger partial charge in [0.25, 0.3) is 5.59 Å². The molecule has 6 heteroatoms. The van der Waals surface area contributed by atoms with Crippen molar-refractivity contribution in [2.45, 2.75) is 64.3 Å². The quantitative estimate of drug-likeness (QED) is 0.455. The zero-order valence-corrected chi connectivity index (χ0v) is 16.5. The first-order chi connectivity index (χ1) is 9.34. The summed E-state index contributed by atoms with van der Waals surface area (Å²) in [6.07, 6.45) is 10.4. The minimum absolute atomic E-state index is 0.0999. The Morgan fingerprint density at radius 3 is 2.47 bits per heavy atom. The van der Waals surface area contributed by atoms with Crippen LogP contribution in [0.5, 0.6) is 0 Å². The Labute approximate surface area is 123 Å². The van der Waals surface area contributed by atoms with E-state index in [9.17, 15) is 4.79 Å². The number of unbranched alkanes of at least 4 members (excludes halogenated alkanes) is 7. The SMILES string of the molecule is CCCCCCCCCCOC(=O)[SiH]1CCO[SiH2][SiH2]1. The fraction of sp³-hybridized carbons (Fsp3) is 0.923. The van der Waals surface area contributed by atoms with Gasteiger partial charge in [0.05, 0.1) is 6.61 Å². The van der Waals surface area contributed by atoms with E-state index in [1.807, 2.05) is 0 Å². The lowest BCUT2D eigenvalue weighted by molar-refractivity contribution is 0.169. The maximum Gasteiger partial charge on any atom is 0.264 e. The molecule has 1 fully saturated rings. The predicted molar refractivity (Wildman–Crippen MR) is 89.0 cm³/mol. The van der Waals surface area contributed by atoms with Crippen molar-refractivity contribution in [3.63, 3.8) is 0 Å². The van der Waals surface area contributed by atoms with Gasteiger partial charge >= 0.3 is 0 Å². The average molecular weight is 319 g/mol. The lowest BCUT2D eigenvalue weighted by atomic mass is 10.1. The molecule has 1 saturated heterocycles. The average Bonchev–Trinajstić information content (AvgIpc) is 2.46. The monoisotopic (exact) mass is 318 g/mol. The Balaban J connectivity index is 1.86. The molecule has 0 aliphatic carbocycles. The first-order valence-corrected chi connectivity index (χ1v) is 17.3. The Bertz CT molecular complexity index is 233. The number of rotatable bonds is 10. The van der Waals surface area contributed by atoms with Gasteiger partial charge in [-0.25, -0.2) is 0 Å². The number of ether oxygens (including phenoxy) is 1. The second-order valence-electron chi connectivity index (χ2n) is 5.53. The number of carbonyl (C=O) groups is 1. The smallest absolute Gasteiger partial charge is 0.264 e. The van der Waals surface area contributed by atoms with Crippen LogP contribution in [0.1, 0.15) is 58.3 Å². The molecular formula is C13H30O3Si3. The maximum atomic E-state index is 11.8. The van der Waals surface area contributed by atoms with Crippen molar-refractivity contribution < 1.29 is 14.0 Å². The van der Waals surface area contributed by atoms with Gasteiger partial charge in [0.15, 0.2) is 8.31 Å². The Hall–Kier alpha value is 0.0806. The van der Waals surface area contributed by atoms with E-state index >= 15 is 0 Å². The van der Waals surface area contributed by atoms with Gasteiger partial charge in [0.1, 0.15) is 9.28 Å². The van der Waals surface area contributed by atoms with Gasteiger partial charge in [0, 0.05) is 15.2 Å². The molecule has 0 saturated carbocycles. The van der Waals surface area contributed by atoms with Crippen LogP contribution >= 0.6 is 0 Å². The van der Waals surface area contributed by atoms with E-state index in [0.29, 0.717) is 6.61 Å². The lowest BCUT2D eigenvalue weighted by Crippen LogP contribution is -2.42. The number of hydrogen-bond acceptors (Lipinski definition) is 3. The summed E-state index contributed by atoms with van der Waals surface area (Å²) in [4.78, 5) is 11.8. The molecule has 3 nitrogen and oxygen atoms in total. The molecule has 1 rings (SSSR count). The third-order valence-electron chi connectivity index (χ3n) is 3.80. The van der Waals surface area contributed by atoms with Gasteiger partial charge < -0.3 is 9.16 Å². The molecule has 0 aromatic rings. The van der Waals surface area contributed by atoms with Gasteiger partial charge in [-0.1, -0.05) is 51.9 Å². The molecule has 19 heavy (non-hydrogen) atoms. The molecule has 0 N–H and O–H groups in total. The van der Waals surface area contributed by atoms with Crippen LogP contribution < -0.4 is 0 Å².